The molecule has 1 aliphatic carbocycles. The van der Waals surface area contributed by atoms with Crippen molar-refractivity contribution in [2.45, 2.75) is 57.0 Å². The highest BCUT2D eigenvalue weighted by Gasteiger charge is 2.33. The summed E-state index contributed by atoms with van der Waals surface area (Å²) in [5.74, 6) is 0.165. The third kappa shape index (κ3) is 4.56. The topological polar surface area (TPSA) is 81.7 Å². The summed E-state index contributed by atoms with van der Waals surface area (Å²) in [5, 5.41) is 22.0. The minimum Gasteiger partial charge on any atom is -0.507 e. The average Bonchev–Trinajstić information content (AvgIpc) is 3.03. The predicted molar refractivity (Wildman–Crippen MR) is 168 cm³/mol. The molecule has 3 N–H and O–H groups in total. The maximum Gasteiger partial charge on any atom is 0.253 e. The van der Waals surface area contributed by atoms with Crippen molar-refractivity contribution in [1.82, 2.24) is 4.90 Å². The maximum atomic E-state index is 13.0. The van der Waals surface area contributed by atoms with Crippen molar-refractivity contribution in [3.63, 3.8) is 0 Å². The van der Waals surface area contributed by atoms with Crippen LogP contribution in [0.4, 0.5) is 17.1 Å². The van der Waals surface area contributed by atoms with Gasteiger partial charge in [0.25, 0.3) is 10.9 Å². The monoisotopic (exact) mass is 545 g/mol. The third-order valence-corrected chi connectivity index (χ3v) is 9.17. The van der Waals surface area contributed by atoms with Crippen LogP contribution in [0.1, 0.15) is 44.9 Å². The molecule has 7 rings (SSSR count). The number of likely N-dealkylation sites (tertiary alicyclic amines) is 1. The molecule has 208 valence electrons. The van der Waals surface area contributed by atoms with Crippen LogP contribution < -0.4 is 21.5 Å². The lowest BCUT2D eigenvalue weighted by atomic mass is 9.87. The molecular formula is C35H35N3O3. The lowest BCUT2D eigenvalue weighted by molar-refractivity contribution is 0.121. The highest BCUT2D eigenvalue weighted by molar-refractivity contribution is 6.12. The molecule has 1 heterocycles. The third-order valence-electron chi connectivity index (χ3n) is 9.17. The molecule has 1 saturated heterocycles. The first-order chi connectivity index (χ1) is 20.1. The summed E-state index contributed by atoms with van der Waals surface area (Å²) in [5.41, 5.74) is 1.94. The normalized spacial score (nSPS) is 20.0. The first kappa shape index (κ1) is 25.8. The van der Waals surface area contributed by atoms with E-state index in [0.717, 1.165) is 59.5 Å². The van der Waals surface area contributed by atoms with Crippen LogP contribution in [0.2, 0.25) is 0 Å². The molecular weight excluding hydrogens is 510 g/mol. The Balaban J connectivity index is 1.30. The molecule has 0 bridgehead atoms. The number of benzene rings is 4. The van der Waals surface area contributed by atoms with Gasteiger partial charge in [-0.2, -0.15) is 0 Å². The molecule has 1 aliphatic heterocycles. The summed E-state index contributed by atoms with van der Waals surface area (Å²) < 4.78 is 0. The van der Waals surface area contributed by atoms with Crippen molar-refractivity contribution in [2.75, 3.05) is 23.7 Å². The first-order valence-corrected chi connectivity index (χ1v) is 14.9. The predicted octanol–water partition coefficient (Wildman–Crippen LogP) is 6.91. The number of anilines is 3. The highest BCUT2D eigenvalue weighted by Crippen LogP contribution is 2.45. The molecule has 0 spiro atoms. The molecule has 6 nitrogen and oxygen atoms in total. The van der Waals surface area contributed by atoms with E-state index in [1.165, 1.54) is 25.7 Å². The van der Waals surface area contributed by atoms with Gasteiger partial charge in [0.15, 0.2) is 0 Å². The van der Waals surface area contributed by atoms with E-state index in [-0.39, 0.29) is 11.8 Å². The van der Waals surface area contributed by atoms with Gasteiger partial charge in [-0.15, -0.1) is 0 Å². The van der Waals surface area contributed by atoms with E-state index in [1.807, 2.05) is 66.7 Å². The molecule has 1 saturated carbocycles. The van der Waals surface area contributed by atoms with E-state index < -0.39 is 10.9 Å². The Morgan fingerprint density at radius 2 is 1.29 bits per heavy atom. The van der Waals surface area contributed by atoms with Crippen molar-refractivity contribution in [2.24, 2.45) is 0 Å². The zero-order chi connectivity index (χ0) is 27.9. The summed E-state index contributed by atoms with van der Waals surface area (Å²) in [6.45, 7) is 2.21. The number of aromatic hydroxyl groups is 1. The van der Waals surface area contributed by atoms with E-state index in [9.17, 15) is 14.7 Å². The quantitative estimate of drug-likeness (QED) is 0.201. The smallest absolute Gasteiger partial charge is 0.253 e. The fourth-order valence-corrected chi connectivity index (χ4v) is 7.10. The second kappa shape index (κ2) is 10.7. The van der Waals surface area contributed by atoms with E-state index in [1.54, 1.807) is 6.07 Å². The number of nitrogens with one attached hydrogen (secondary N) is 2. The van der Waals surface area contributed by atoms with Gasteiger partial charge in [0, 0.05) is 28.9 Å². The summed E-state index contributed by atoms with van der Waals surface area (Å²) in [6.07, 6.45) is 8.16. The molecule has 2 atom stereocenters. The number of phenolic OH excluding ortho intramolecular Hbond substituents is 1. The second-order valence-electron chi connectivity index (χ2n) is 11.6. The Labute approximate surface area is 239 Å². The van der Waals surface area contributed by atoms with Crippen molar-refractivity contribution in [1.29, 1.82) is 0 Å². The van der Waals surface area contributed by atoms with Crippen molar-refractivity contribution in [3.05, 3.63) is 93.2 Å². The number of phenols is 1. The molecule has 0 aromatic heterocycles. The van der Waals surface area contributed by atoms with Crippen LogP contribution in [-0.2, 0) is 0 Å². The van der Waals surface area contributed by atoms with Gasteiger partial charge in [-0.3, -0.25) is 14.5 Å². The van der Waals surface area contributed by atoms with Gasteiger partial charge in [-0.1, -0.05) is 79.9 Å². The standard InChI is InChI=1S/C35H35N3O3/c39-29-19-17-23-11-3-5-13-25(23)31(29)30-24-12-4-2-10-22(24)16-18-27(30)37-33-32(34(40)35(33)41)36-26-14-6-7-15-28(26)38-20-8-1-9-21-38/h2-5,10-13,16-19,26,28,36-37,39H,1,6-9,14-15,20-21H2/t26-,28-/m1/s1. The van der Waals surface area contributed by atoms with Gasteiger partial charge >= 0.3 is 0 Å². The minimum atomic E-state index is -0.501. The molecule has 0 unspecified atom stereocenters. The number of piperidine rings is 1. The number of nitrogens with zero attached hydrogens (tertiary/aromatic N) is 1. The Morgan fingerprint density at radius 3 is 2.05 bits per heavy atom. The lowest BCUT2D eigenvalue weighted by Gasteiger charge is -2.42. The SMILES string of the molecule is O=c1c(Nc2ccc3ccccc3c2-c2c(O)ccc3ccccc23)c(N[C@@H]2CCCC[C@H]2N2CCCCC2)c1=O. The van der Waals surface area contributed by atoms with Gasteiger partial charge in [0.05, 0.1) is 0 Å². The zero-order valence-corrected chi connectivity index (χ0v) is 23.2. The summed E-state index contributed by atoms with van der Waals surface area (Å²) in [6, 6.07) is 24.1. The van der Waals surface area contributed by atoms with Crippen molar-refractivity contribution >= 4 is 38.6 Å². The van der Waals surface area contributed by atoms with Crippen LogP contribution in [0.25, 0.3) is 32.7 Å². The zero-order valence-electron chi connectivity index (χ0n) is 23.2. The fraction of sp³-hybridized carbons (Fsp3) is 0.314. The highest BCUT2D eigenvalue weighted by atomic mass is 16.3. The summed E-state index contributed by atoms with van der Waals surface area (Å²) >= 11 is 0. The van der Waals surface area contributed by atoms with Crippen molar-refractivity contribution in [3.8, 4) is 16.9 Å². The molecule has 2 aliphatic rings. The van der Waals surface area contributed by atoms with E-state index in [2.05, 4.69) is 15.5 Å². The van der Waals surface area contributed by atoms with Gasteiger partial charge < -0.3 is 15.7 Å². The van der Waals surface area contributed by atoms with Crippen LogP contribution in [0.3, 0.4) is 0 Å². The minimum absolute atomic E-state index is 0.142. The van der Waals surface area contributed by atoms with E-state index in [0.29, 0.717) is 28.7 Å². The summed E-state index contributed by atoms with van der Waals surface area (Å²) in [7, 11) is 0. The summed E-state index contributed by atoms with van der Waals surface area (Å²) in [4.78, 5) is 28.6. The van der Waals surface area contributed by atoms with Gasteiger partial charge in [-0.05, 0) is 72.5 Å². The Bertz CT molecular complexity index is 1810. The van der Waals surface area contributed by atoms with E-state index in [4.69, 9.17) is 0 Å². The molecule has 41 heavy (non-hydrogen) atoms. The molecule has 0 radical (unpaired) electrons. The molecule has 0 amide bonds. The van der Waals surface area contributed by atoms with Crippen LogP contribution in [-0.4, -0.2) is 35.2 Å². The first-order valence-electron chi connectivity index (χ1n) is 14.9. The largest absolute Gasteiger partial charge is 0.507 e. The lowest BCUT2D eigenvalue weighted by Crippen LogP contribution is -2.52. The fourth-order valence-electron chi connectivity index (χ4n) is 7.10. The van der Waals surface area contributed by atoms with Gasteiger partial charge in [0.1, 0.15) is 17.1 Å². The van der Waals surface area contributed by atoms with Crippen LogP contribution in [0.15, 0.2) is 82.4 Å². The van der Waals surface area contributed by atoms with Gasteiger partial charge in [0.2, 0.25) is 0 Å². The number of rotatable bonds is 6. The number of hydrogen-bond acceptors (Lipinski definition) is 6. The maximum absolute atomic E-state index is 13.0. The second-order valence-corrected chi connectivity index (χ2v) is 11.6. The molecule has 2 fully saturated rings. The molecule has 5 aromatic carbocycles. The van der Waals surface area contributed by atoms with Crippen LogP contribution in [0.5, 0.6) is 5.75 Å². The Hall–Kier alpha value is -4.16. The average molecular weight is 546 g/mol. The van der Waals surface area contributed by atoms with Crippen molar-refractivity contribution < 1.29 is 5.11 Å². The molecule has 6 heteroatoms. The van der Waals surface area contributed by atoms with Gasteiger partial charge in [-0.25, -0.2) is 0 Å². The Kier molecular flexibility index (Phi) is 6.71. The Morgan fingerprint density at radius 1 is 0.659 bits per heavy atom. The van der Waals surface area contributed by atoms with Crippen LogP contribution >= 0.6 is 0 Å². The van der Waals surface area contributed by atoms with Crippen LogP contribution in [0, 0.1) is 0 Å². The number of fused-ring (bicyclic) bond motifs is 2. The molecule has 5 aromatic rings. The number of hydrogen-bond donors (Lipinski definition) is 3. The van der Waals surface area contributed by atoms with E-state index >= 15 is 0 Å².